The van der Waals surface area contributed by atoms with Gasteiger partial charge in [0.1, 0.15) is 12.4 Å². The molecule has 1 aromatic heterocycles. The van der Waals surface area contributed by atoms with Crippen LogP contribution >= 0.6 is 0 Å². The van der Waals surface area contributed by atoms with Crippen molar-refractivity contribution in [2.24, 2.45) is 5.73 Å². The predicted molar refractivity (Wildman–Crippen MR) is 63.0 cm³/mol. The number of amides is 1. The molecular formula is C11H19N5O. The van der Waals surface area contributed by atoms with Crippen LogP contribution in [-0.2, 0) is 11.3 Å². The van der Waals surface area contributed by atoms with Crippen LogP contribution < -0.4 is 11.1 Å². The van der Waals surface area contributed by atoms with Crippen LogP contribution in [0.25, 0.3) is 0 Å². The molecular weight excluding hydrogens is 218 g/mol. The summed E-state index contributed by atoms with van der Waals surface area (Å²) in [4.78, 5) is 16.0. The molecule has 1 atom stereocenters. The van der Waals surface area contributed by atoms with E-state index in [2.05, 4.69) is 15.4 Å². The lowest BCUT2D eigenvalue weighted by Crippen LogP contribution is -2.37. The van der Waals surface area contributed by atoms with Crippen molar-refractivity contribution in [1.29, 1.82) is 0 Å². The molecule has 94 valence electrons. The third-order valence-corrected chi connectivity index (χ3v) is 3.22. The standard InChI is InChI=1S/C11H19N5O/c1-8(16-7-13-10(6-12)15-16)11(17)14-9-4-2-3-5-9/h7-9H,2-6,12H2,1H3,(H,14,17). The quantitative estimate of drug-likeness (QED) is 0.791. The fourth-order valence-electron chi connectivity index (χ4n) is 2.10. The molecule has 1 aliphatic carbocycles. The highest BCUT2D eigenvalue weighted by atomic mass is 16.2. The third kappa shape index (κ3) is 2.82. The first kappa shape index (κ1) is 12.0. The van der Waals surface area contributed by atoms with E-state index in [9.17, 15) is 4.79 Å². The Hall–Kier alpha value is -1.43. The Morgan fingerprint density at radius 3 is 2.94 bits per heavy atom. The Morgan fingerprint density at radius 2 is 2.35 bits per heavy atom. The molecule has 0 radical (unpaired) electrons. The first-order valence-electron chi connectivity index (χ1n) is 6.11. The van der Waals surface area contributed by atoms with E-state index in [0.29, 0.717) is 18.4 Å². The van der Waals surface area contributed by atoms with Crippen LogP contribution in [0.3, 0.4) is 0 Å². The first-order chi connectivity index (χ1) is 8.20. The zero-order chi connectivity index (χ0) is 12.3. The maximum absolute atomic E-state index is 12.0. The van der Waals surface area contributed by atoms with E-state index in [1.807, 2.05) is 6.92 Å². The van der Waals surface area contributed by atoms with Gasteiger partial charge >= 0.3 is 0 Å². The second kappa shape index (κ2) is 5.27. The number of nitrogens with one attached hydrogen (secondary N) is 1. The number of rotatable bonds is 4. The Bertz CT molecular complexity index is 383. The number of nitrogens with two attached hydrogens (primary N) is 1. The Labute approximate surface area is 101 Å². The van der Waals surface area contributed by atoms with Gasteiger partial charge in [-0.1, -0.05) is 12.8 Å². The molecule has 0 aliphatic heterocycles. The van der Waals surface area contributed by atoms with Gasteiger partial charge in [-0.15, -0.1) is 0 Å². The summed E-state index contributed by atoms with van der Waals surface area (Å²) >= 11 is 0. The Balaban J connectivity index is 1.93. The summed E-state index contributed by atoms with van der Waals surface area (Å²) in [6.45, 7) is 2.11. The highest BCUT2D eigenvalue weighted by Gasteiger charge is 2.22. The molecule has 2 rings (SSSR count). The van der Waals surface area contributed by atoms with Crippen LogP contribution in [0, 0.1) is 0 Å². The van der Waals surface area contributed by atoms with Crippen molar-refractivity contribution in [2.75, 3.05) is 0 Å². The van der Waals surface area contributed by atoms with E-state index in [4.69, 9.17) is 5.73 Å². The van der Waals surface area contributed by atoms with E-state index in [-0.39, 0.29) is 11.9 Å². The lowest BCUT2D eigenvalue weighted by atomic mass is 10.2. The average Bonchev–Trinajstić information content (AvgIpc) is 2.98. The molecule has 0 bridgehead atoms. The van der Waals surface area contributed by atoms with Gasteiger partial charge in [-0.25, -0.2) is 9.67 Å². The summed E-state index contributed by atoms with van der Waals surface area (Å²) in [5.41, 5.74) is 5.43. The van der Waals surface area contributed by atoms with Crippen molar-refractivity contribution < 1.29 is 4.79 Å². The van der Waals surface area contributed by atoms with Crippen LogP contribution in [0.4, 0.5) is 0 Å². The minimum Gasteiger partial charge on any atom is -0.352 e. The van der Waals surface area contributed by atoms with Gasteiger partial charge in [0.25, 0.3) is 0 Å². The lowest BCUT2D eigenvalue weighted by molar-refractivity contribution is -0.124. The van der Waals surface area contributed by atoms with E-state index in [0.717, 1.165) is 12.8 Å². The van der Waals surface area contributed by atoms with Crippen LogP contribution in [-0.4, -0.2) is 26.7 Å². The average molecular weight is 237 g/mol. The largest absolute Gasteiger partial charge is 0.352 e. The molecule has 0 spiro atoms. The minimum absolute atomic E-state index is 0.00497. The van der Waals surface area contributed by atoms with Crippen LogP contribution in [0.1, 0.15) is 44.5 Å². The summed E-state index contributed by atoms with van der Waals surface area (Å²) in [5, 5.41) is 7.19. The first-order valence-corrected chi connectivity index (χ1v) is 6.11. The summed E-state index contributed by atoms with van der Waals surface area (Å²) in [6, 6.07) is 0.00542. The highest BCUT2D eigenvalue weighted by molar-refractivity contribution is 5.80. The predicted octanol–water partition coefficient (Wildman–Crippen LogP) is 0.357. The Kier molecular flexibility index (Phi) is 3.73. The van der Waals surface area contributed by atoms with Crippen molar-refractivity contribution in [2.45, 2.75) is 51.2 Å². The van der Waals surface area contributed by atoms with Crippen molar-refractivity contribution in [3.05, 3.63) is 12.2 Å². The second-order valence-corrected chi connectivity index (χ2v) is 4.51. The zero-order valence-electron chi connectivity index (χ0n) is 10.1. The summed E-state index contributed by atoms with van der Waals surface area (Å²) < 4.78 is 1.56. The number of hydrogen-bond donors (Lipinski definition) is 2. The summed E-state index contributed by atoms with van der Waals surface area (Å²) in [5.74, 6) is 0.566. The third-order valence-electron chi connectivity index (χ3n) is 3.22. The number of hydrogen-bond acceptors (Lipinski definition) is 4. The van der Waals surface area contributed by atoms with Crippen molar-refractivity contribution in [3.63, 3.8) is 0 Å². The fourth-order valence-corrected chi connectivity index (χ4v) is 2.10. The van der Waals surface area contributed by atoms with Gasteiger partial charge in [0, 0.05) is 6.04 Å². The van der Waals surface area contributed by atoms with Gasteiger partial charge in [0.2, 0.25) is 5.91 Å². The normalized spacial score (nSPS) is 18.2. The zero-order valence-corrected chi connectivity index (χ0v) is 10.1. The molecule has 1 aliphatic rings. The van der Waals surface area contributed by atoms with E-state index in [1.165, 1.54) is 12.8 Å². The molecule has 1 fully saturated rings. The van der Waals surface area contributed by atoms with Gasteiger partial charge in [-0.3, -0.25) is 4.79 Å². The molecule has 6 heteroatoms. The fraction of sp³-hybridized carbons (Fsp3) is 0.727. The molecule has 0 saturated heterocycles. The molecule has 17 heavy (non-hydrogen) atoms. The number of aromatic nitrogens is 3. The van der Waals surface area contributed by atoms with Gasteiger partial charge in [-0.05, 0) is 19.8 Å². The van der Waals surface area contributed by atoms with Crippen molar-refractivity contribution >= 4 is 5.91 Å². The molecule has 1 saturated carbocycles. The van der Waals surface area contributed by atoms with E-state index in [1.54, 1.807) is 11.0 Å². The molecule has 1 unspecified atom stereocenters. The van der Waals surface area contributed by atoms with Gasteiger partial charge < -0.3 is 11.1 Å². The molecule has 1 aromatic rings. The highest BCUT2D eigenvalue weighted by Crippen LogP contribution is 2.18. The number of nitrogens with zero attached hydrogens (tertiary/aromatic N) is 3. The topological polar surface area (TPSA) is 85.8 Å². The van der Waals surface area contributed by atoms with E-state index >= 15 is 0 Å². The molecule has 3 N–H and O–H groups in total. The van der Waals surface area contributed by atoms with Crippen LogP contribution in [0.2, 0.25) is 0 Å². The van der Waals surface area contributed by atoms with Gasteiger partial charge in [0.15, 0.2) is 5.82 Å². The number of carbonyl (C=O) groups is 1. The van der Waals surface area contributed by atoms with Crippen molar-refractivity contribution in [3.8, 4) is 0 Å². The van der Waals surface area contributed by atoms with Gasteiger partial charge in [-0.2, -0.15) is 5.10 Å². The van der Waals surface area contributed by atoms with E-state index < -0.39 is 0 Å². The Morgan fingerprint density at radius 1 is 1.65 bits per heavy atom. The lowest BCUT2D eigenvalue weighted by Gasteiger charge is -2.16. The molecule has 1 amide bonds. The maximum atomic E-state index is 12.0. The van der Waals surface area contributed by atoms with Crippen LogP contribution in [0.5, 0.6) is 0 Å². The number of carbonyl (C=O) groups excluding carboxylic acids is 1. The smallest absolute Gasteiger partial charge is 0.244 e. The molecule has 0 aromatic carbocycles. The minimum atomic E-state index is -0.330. The SMILES string of the molecule is CC(C(=O)NC1CCCC1)n1cnc(CN)n1. The summed E-state index contributed by atoms with van der Waals surface area (Å²) in [7, 11) is 0. The molecule has 1 heterocycles. The monoisotopic (exact) mass is 237 g/mol. The van der Waals surface area contributed by atoms with Crippen molar-refractivity contribution in [1.82, 2.24) is 20.1 Å². The van der Waals surface area contributed by atoms with Crippen LogP contribution in [0.15, 0.2) is 6.33 Å². The molecule has 6 nitrogen and oxygen atoms in total. The van der Waals surface area contributed by atoms with Gasteiger partial charge in [0.05, 0.1) is 6.54 Å². The second-order valence-electron chi connectivity index (χ2n) is 4.51. The summed E-state index contributed by atoms with van der Waals surface area (Å²) in [6.07, 6.45) is 6.15. The maximum Gasteiger partial charge on any atom is 0.244 e.